The number of amides is 2. The van der Waals surface area contributed by atoms with Gasteiger partial charge in [-0.2, -0.15) is 0 Å². The molecule has 0 atom stereocenters. The fraction of sp³-hybridized carbons (Fsp3) is 0.333. The Morgan fingerprint density at radius 3 is 2.52 bits per heavy atom. The summed E-state index contributed by atoms with van der Waals surface area (Å²) in [5.41, 5.74) is 2.61. The minimum Gasteiger partial charge on any atom is -0.450 e. The van der Waals surface area contributed by atoms with E-state index >= 15 is 0 Å². The van der Waals surface area contributed by atoms with Crippen LogP contribution in [-0.4, -0.2) is 69.1 Å². The van der Waals surface area contributed by atoms with Gasteiger partial charge in [0.1, 0.15) is 12.4 Å². The second-order valence-corrected chi connectivity index (χ2v) is 6.82. The molecule has 1 aliphatic heterocycles. The van der Waals surface area contributed by atoms with E-state index in [0.717, 1.165) is 22.4 Å². The highest BCUT2D eigenvalue weighted by atomic mass is 16.6. The number of pyridine rings is 1. The van der Waals surface area contributed by atoms with Crippen molar-refractivity contribution < 1.29 is 14.3 Å². The zero-order chi connectivity index (χ0) is 20.2. The average Bonchev–Trinajstić information content (AvgIpc) is 3.13. The van der Waals surface area contributed by atoms with Crippen molar-refractivity contribution >= 4 is 23.0 Å². The molecule has 1 fully saturated rings. The molecule has 4 rings (SSSR count). The summed E-state index contributed by atoms with van der Waals surface area (Å²) in [6, 6.07) is 11.6. The topological polar surface area (TPSA) is 80.6 Å². The van der Waals surface area contributed by atoms with Gasteiger partial charge in [0, 0.05) is 44.1 Å². The first kappa shape index (κ1) is 18.9. The summed E-state index contributed by atoms with van der Waals surface area (Å²) >= 11 is 0. The summed E-state index contributed by atoms with van der Waals surface area (Å²) < 4.78 is 6.98. The van der Waals surface area contributed by atoms with E-state index < -0.39 is 0 Å². The van der Waals surface area contributed by atoms with Crippen molar-refractivity contribution in [1.29, 1.82) is 0 Å². The van der Waals surface area contributed by atoms with Gasteiger partial charge in [0.15, 0.2) is 0 Å². The lowest BCUT2D eigenvalue weighted by molar-refractivity contribution is -0.133. The van der Waals surface area contributed by atoms with Crippen molar-refractivity contribution in [1.82, 2.24) is 24.3 Å². The standard InChI is InChI=1S/C21H23N5O3/c1-2-29-21(28)25-12-10-24(11-13-25)19(27)15-26-18-8-4-3-7-17(18)23-20(26)16-6-5-9-22-14-16/h3-9,14H,2,10-13,15H2,1H3. The van der Waals surface area contributed by atoms with E-state index in [1.165, 1.54) is 0 Å². The normalized spacial score (nSPS) is 14.2. The molecule has 0 N–H and O–H groups in total. The SMILES string of the molecule is CCOC(=O)N1CCN(C(=O)Cn2c(-c3cccnc3)nc3ccccc32)CC1. The quantitative estimate of drug-likeness (QED) is 0.680. The van der Waals surface area contributed by atoms with Gasteiger partial charge in [-0.1, -0.05) is 12.1 Å². The van der Waals surface area contributed by atoms with Crippen LogP contribution in [0, 0.1) is 0 Å². The second-order valence-electron chi connectivity index (χ2n) is 6.82. The van der Waals surface area contributed by atoms with Gasteiger partial charge < -0.3 is 19.1 Å². The van der Waals surface area contributed by atoms with Crippen LogP contribution in [0.5, 0.6) is 0 Å². The van der Waals surface area contributed by atoms with E-state index in [0.29, 0.717) is 32.8 Å². The molecule has 1 aliphatic rings. The van der Waals surface area contributed by atoms with Crippen molar-refractivity contribution in [3.05, 3.63) is 48.8 Å². The molecule has 150 valence electrons. The maximum atomic E-state index is 13.0. The Morgan fingerprint density at radius 2 is 1.79 bits per heavy atom. The lowest BCUT2D eigenvalue weighted by atomic mass is 10.2. The lowest BCUT2D eigenvalue weighted by Gasteiger charge is -2.34. The van der Waals surface area contributed by atoms with E-state index in [-0.39, 0.29) is 18.5 Å². The van der Waals surface area contributed by atoms with Gasteiger partial charge in [0.05, 0.1) is 17.6 Å². The van der Waals surface area contributed by atoms with Gasteiger partial charge in [0.2, 0.25) is 5.91 Å². The van der Waals surface area contributed by atoms with E-state index in [4.69, 9.17) is 9.72 Å². The Kier molecular flexibility index (Phi) is 5.41. The van der Waals surface area contributed by atoms with Crippen molar-refractivity contribution in [3.63, 3.8) is 0 Å². The molecule has 8 nitrogen and oxygen atoms in total. The number of rotatable bonds is 4. The van der Waals surface area contributed by atoms with Gasteiger partial charge in [-0.15, -0.1) is 0 Å². The van der Waals surface area contributed by atoms with Crippen molar-refractivity contribution in [3.8, 4) is 11.4 Å². The molecule has 0 aliphatic carbocycles. The molecular weight excluding hydrogens is 370 g/mol. The summed E-state index contributed by atoms with van der Waals surface area (Å²) in [6.07, 6.45) is 3.14. The van der Waals surface area contributed by atoms with Gasteiger partial charge in [-0.3, -0.25) is 9.78 Å². The highest BCUT2D eigenvalue weighted by molar-refractivity contribution is 5.84. The van der Waals surface area contributed by atoms with Gasteiger partial charge in [0.25, 0.3) is 0 Å². The largest absolute Gasteiger partial charge is 0.450 e. The first-order chi connectivity index (χ1) is 14.2. The predicted octanol–water partition coefficient (Wildman–Crippen LogP) is 2.40. The van der Waals surface area contributed by atoms with Crippen molar-refractivity contribution in [2.24, 2.45) is 0 Å². The molecule has 3 heterocycles. The smallest absolute Gasteiger partial charge is 0.409 e. The zero-order valence-corrected chi connectivity index (χ0v) is 16.3. The number of piperazine rings is 1. The Labute approximate surface area is 168 Å². The Balaban J connectivity index is 1.54. The molecule has 2 aromatic heterocycles. The number of aromatic nitrogens is 3. The summed E-state index contributed by atoms with van der Waals surface area (Å²) in [5, 5.41) is 0. The number of fused-ring (bicyclic) bond motifs is 1. The molecule has 0 saturated carbocycles. The van der Waals surface area contributed by atoms with E-state index in [2.05, 4.69) is 4.98 Å². The number of carbonyl (C=O) groups excluding carboxylic acids is 2. The number of imidazole rings is 1. The minimum absolute atomic E-state index is 0.00167. The Morgan fingerprint density at radius 1 is 1.03 bits per heavy atom. The second kappa shape index (κ2) is 8.30. The van der Waals surface area contributed by atoms with Crippen LogP contribution >= 0.6 is 0 Å². The van der Waals surface area contributed by atoms with Crippen LogP contribution in [0.25, 0.3) is 22.4 Å². The van der Waals surface area contributed by atoms with Crippen molar-refractivity contribution in [2.45, 2.75) is 13.5 Å². The van der Waals surface area contributed by atoms with Crippen LogP contribution in [0.15, 0.2) is 48.8 Å². The number of hydrogen-bond acceptors (Lipinski definition) is 5. The average molecular weight is 393 g/mol. The highest BCUT2D eigenvalue weighted by Gasteiger charge is 2.26. The summed E-state index contributed by atoms with van der Waals surface area (Å²) in [7, 11) is 0. The van der Waals surface area contributed by atoms with Crippen LogP contribution in [0.3, 0.4) is 0 Å². The molecule has 8 heteroatoms. The third kappa shape index (κ3) is 3.91. The molecular formula is C21H23N5O3. The Bertz CT molecular complexity index is 1010. The third-order valence-corrected chi connectivity index (χ3v) is 5.03. The first-order valence-electron chi connectivity index (χ1n) is 9.72. The molecule has 0 radical (unpaired) electrons. The third-order valence-electron chi connectivity index (χ3n) is 5.03. The van der Waals surface area contributed by atoms with Crippen LogP contribution in [-0.2, 0) is 16.1 Å². The molecule has 29 heavy (non-hydrogen) atoms. The number of ether oxygens (including phenoxy) is 1. The van der Waals surface area contributed by atoms with Gasteiger partial charge in [-0.05, 0) is 31.2 Å². The van der Waals surface area contributed by atoms with Gasteiger partial charge in [-0.25, -0.2) is 9.78 Å². The van der Waals surface area contributed by atoms with Gasteiger partial charge >= 0.3 is 6.09 Å². The molecule has 2 amide bonds. The predicted molar refractivity (Wildman–Crippen MR) is 108 cm³/mol. The fourth-order valence-electron chi connectivity index (χ4n) is 3.54. The summed E-state index contributed by atoms with van der Waals surface area (Å²) in [6.45, 7) is 4.26. The summed E-state index contributed by atoms with van der Waals surface area (Å²) in [4.78, 5) is 37.2. The van der Waals surface area contributed by atoms with Crippen LogP contribution in [0.2, 0.25) is 0 Å². The van der Waals surface area contributed by atoms with Crippen LogP contribution in [0.1, 0.15) is 6.92 Å². The number of nitrogens with zero attached hydrogens (tertiary/aromatic N) is 5. The van der Waals surface area contributed by atoms with Crippen LogP contribution < -0.4 is 0 Å². The lowest BCUT2D eigenvalue weighted by Crippen LogP contribution is -2.51. The zero-order valence-electron chi connectivity index (χ0n) is 16.3. The first-order valence-corrected chi connectivity index (χ1v) is 9.72. The summed E-state index contributed by atoms with van der Waals surface area (Å²) in [5.74, 6) is 0.722. The monoisotopic (exact) mass is 393 g/mol. The molecule has 1 aromatic carbocycles. The van der Waals surface area contributed by atoms with Crippen molar-refractivity contribution in [2.75, 3.05) is 32.8 Å². The molecule has 3 aromatic rings. The van der Waals surface area contributed by atoms with E-state index in [9.17, 15) is 9.59 Å². The molecule has 0 bridgehead atoms. The number of hydrogen-bond donors (Lipinski definition) is 0. The fourth-order valence-corrected chi connectivity index (χ4v) is 3.54. The molecule has 0 unspecified atom stereocenters. The molecule has 1 saturated heterocycles. The number of benzene rings is 1. The minimum atomic E-state index is -0.320. The van der Waals surface area contributed by atoms with E-state index in [1.807, 2.05) is 41.0 Å². The highest BCUT2D eigenvalue weighted by Crippen LogP contribution is 2.24. The maximum absolute atomic E-state index is 13.0. The maximum Gasteiger partial charge on any atom is 0.409 e. The number of para-hydroxylation sites is 2. The van der Waals surface area contributed by atoms with E-state index in [1.54, 1.807) is 29.1 Å². The number of carbonyl (C=O) groups is 2. The van der Waals surface area contributed by atoms with Crippen LogP contribution in [0.4, 0.5) is 4.79 Å². The molecule has 0 spiro atoms. The Hall–Kier alpha value is -3.42.